The number of benzene rings is 1. The van der Waals surface area contributed by atoms with Crippen molar-refractivity contribution < 1.29 is 28.5 Å². The topological polar surface area (TPSA) is 125 Å². The molecule has 0 aliphatic carbocycles. The quantitative estimate of drug-likeness (QED) is 0.123. The molecule has 7 rings (SSSR count). The Labute approximate surface area is 295 Å². The van der Waals surface area contributed by atoms with Crippen molar-refractivity contribution in [1.82, 2.24) is 29.6 Å². The maximum atomic E-state index is 17.2. The van der Waals surface area contributed by atoms with Gasteiger partial charge in [-0.2, -0.15) is 15.1 Å². The number of carbonyl (C=O) groups is 1. The summed E-state index contributed by atoms with van der Waals surface area (Å²) in [6, 6.07) is 1.86. The zero-order valence-electron chi connectivity index (χ0n) is 28.9. The maximum Gasteiger partial charge on any atom is 0.320 e. The molecule has 0 amide bonds. The second-order valence-electron chi connectivity index (χ2n) is 14.8. The first-order valence-corrected chi connectivity index (χ1v) is 17.9. The molecule has 0 bridgehead atoms. The minimum atomic E-state index is -0.869. The van der Waals surface area contributed by atoms with Crippen LogP contribution in [-0.2, 0) is 16.0 Å². The monoisotopic (exact) mass is 706 g/mol. The average Bonchev–Trinajstić information content (AvgIpc) is 3.74. The van der Waals surface area contributed by atoms with E-state index in [2.05, 4.69) is 31.5 Å². The van der Waals surface area contributed by atoms with E-state index in [1.54, 1.807) is 6.20 Å². The third kappa shape index (κ3) is 6.77. The molecule has 11 nitrogen and oxygen atoms in total. The number of halogens is 2. The van der Waals surface area contributed by atoms with Gasteiger partial charge in [-0.1, -0.05) is 23.8 Å². The Morgan fingerprint density at radius 1 is 1.20 bits per heavy atom. The molecule has 1 aromatic carbocycles. The van der Waals surface area contributed by atoms with E-state index in [0.29, 0.717) is 64.9 Å². The second kappa shape index (κ2) is 13.7. The lowest BCUT2D eigenvalue weighted by Crippen LogP contribution is -2.43. The molecule has 50 heavy (non-hydrogen) atoms. The van der Waals surface area contributed by atoms with Gasteiger partial charge in [0.05, 0.1) is 22.6 Å². The van der Waals surface area contributed by atoms with E-state index < -0.39 is 17.4 Å². The zero-order chi connectivity index (χ0) is 35.2. The van der Waals surface area contributed by atoms with Gasteiger partial charge in [0.15, 0.2) is 12.0 Å². The van der Waals surface area contributed by atoms with Gasteiger partial charge in [-0.25, -0.2) is 9.07 Å². The van der Waals surface area contributed by atoms with Crippen molar-refractivity contribution in [3.8, 4) is 23.1 Å². The molecule has 6 heterocycles. The summed E-state index contributed by atoms with van der Waals surface area (Å²) in [6.07, 6.45) is 10.1. The van der Waals surface area contributed by atoms with E-state index in [1.165, 1.54) is 11.8 Å². The van der Waals surface area contributed by atoms with Crippen LogP contribution in [0.25, 0.3) is 33.1 Å². The van der Waals surface area contributed by atoms with Gasteiger partial charge in [-0.05, 0) is 96.7 Å². The van der Waals surface area contributed by atoms with Crippen LogP contribution in [0.15, 0.2) is 30.6 Å². The second-order valence-corrected chi connectivity index (χ2v) is 15.2. The molecule has 3 aliphatic rings. The number of unbranched alkanes of at least 4 members (excludes halogenated alkanes) is 1. The van der Waals surface area contributed by atoms with Gasteiger partial charge in [-0.15, -0.1) is 0 Å². The van der Waals surface area contributed by atoms with Gasteiger partial charge in [-0.3, -0.25) is 14.7 Å². The van der Waals surface area contributed by atoms with Gasteiger partial charge < -0.3 is 19.3 Å². The lowest BCUT2D eigenvalue weighted by atomic mass is 9.94. The minimum absolute atomic E-state index is 0.0174. The predicted molar refractivity (Wildman–Crippen MR) is 188 cm³/mol. The SMILES string of the molecule is C=C1CN2CCC[C@@]2(COc2nc(OC(C)(C)C)c3cnc(-c4c(CCCCC(=O)O)c(Cl)cc5c4cnn5C4CCCCO4)c(F)c3n2)C1. The first-order chi connectivity index (χ1) is 23.9. The lowest BCUT2D eigenvalue weighted by molar-refractivity contribution is -0.137. The fourth-order valence-corrected chi connectivity index (χ4v) is 7.99. The Morgan fingerprint density at radius 2 is 2.04 bits per heavy atom. The Bertz CT molecular complexity index is 1950. The standard InChI is InChI=1S/C37H44ClFN6O5/c1-22-17-37(13-9-14-44(37)20-22)21-49-35-42-32-25(34(43-35)50-36(2,3)4)18-40-33(31(32)39)30-23(10-5-6-12-29(46)47)26(38)16-27-24(30)19-41-45(27)28-11-7-8-15-48-28/h16,18-19,28H,1,5-15,17,20-21H2,2-4H3,(H,46,47)/t28?,37-/m0/s1. The minimum Gasteiger partial charge on any atom is -0.481 e. The molecule has 3 aliphatic heterocycles. The molecule has 1 unspecified atom stereocenters. The van der Waals surface area contributed by atoms with Gasteiger partial charge in [0.2, 0.25) is 5.88 Å². The van der Waals surface area contributed by atoms with E-state index in [4.69, 9.17) is 25.8 Å². The zero-order valence-corrected chi connectivity index (χ0v) is 29.7. The number of nitrogens with zero attached hydrogens (tertiary/aromatic N) is 6. The molecule has 2 atom stereocenters. The Kier molecular flexibility index (Phi) is 9.46. The van der Waals surface area contributed by atoms with Crippen molar-refractivity contribution in [3.63, 3.8) is 0 Å². The third-order valence-electron chi connectivity index (χ3n) is 9.93. The van der Waals surface area contributed by atoms with Gasteiger partial charge >= 0.3 is 12.0 Å². The number of aromatic nitrogens is 5. The molecule has 0 radical (unpaired) electrons. The van der Waals surface area contributed by atoms with E-state index in [1.807, 2.05) is 31.5 Å². The summed E-state index contributed by atoms with van der Waals surface area (Å²) in [4.78, 5) is 27.6. The van der Waals surface area contributed by atoms with Crippen molar-refractivity contribution in [2.24, 2.45) is 0 Å². The highest BCUT2D eigenvalue weighted by Gasteiger charge is 2.46. The molecule has 1 N–H and O–H groups in total. The van der Waals surface area contributed by atoms with Crippen molar-refractivity contribution in [2.45, 2.75) is 102 Å². The molecule has 266 valence electrons. The number of hydrogen-bond donors (Lipinski definition) is 1. The number of rotatable bonds is 11. The van der Waals surface area contributed by atoms with E-state index >= 15 is 4.39 Å². The number of carboxylic acids is 1. The maximum absolute atomic E-state index is 17.2. The largest absolute Gasteiger partial charge is 0.481 e. The first-order valence-electron chi connectivity index (χ1n) is 17.5. The Hall–Kier alpha value is -3.87. The van der Waals surface area contributed by atoms with Gasteiger partial charge in [0, 0.05) is 41.7 Å². The number of ether oxygens (including phenoxy) is 3. The summed E-state index contributed by atoms with van der Waals surface area (Å²) in [7, 11) is 0. The summed E-state index contributed by atoms with van der Waals surface area (Å²) in [5, 5.41) is 15.3. The molecule has 0 spiro atoms. The highest BCUT2D eigenvalue weighted by Crippen LogP contribution is 2.43. The number of pyridine rings is 1. The number of carboxylic acid groups (broad SMARTS) is 1. The van der Waals surface area contributed by atoms with Crippen LogP contribution in [0.4, 0.5) is 4.39 Å². The average molecular weight is 707 g/mol. The van der Waals surface area contributed by atoms with Gasteiger partial charge in [0.25, 0.3) is 0 Å². The smallest absolute Gasteiger partial charge is 0.320 e. The van der Waals surface area contributed by atoms with Crippen molar-refractivity contribution >= 4 is 39.4 Å². The fourth-order valence-electron chi connectivity index (χ4n) is 7.70. The summed E-state index contributed by atoms with van der Waals surface area (Å²) in [6.45, 7) is 12.7. The summed E-state index contributed by atoms with van der Waals surface area (Å²) in [5.74, 6) is -1.35. The number of hydrogen-bond acceptors (Lipinski definition) is 9. The molecular weight excluding hydrogens is 663 g/mol. The highest BCUT2D eigenvalue weighted by atomic mass is 35.5. The van der Waals surface area contributed by atoms with E-state index in [9.17, 15) is 9.90 Å². The molecule has 13 heteroatoms. The van der Waals surface area contributed by atoms with Crippen LogP contribution >= 0.6 is 11.6 Å². The fraction of sp³-hybridized carbons (Fsp3) is 0.541. The number of fused-ring (bicyclic) bond motifs is 3. The van der Waals surface area contributed by atoms with Crippen molar-refractivity contribution in [1.29, 1.82) is 0 Å². The van der Waals surface area contributed by atoms with Crippen molar-refractivity contribution in [3.05, 3.63) is 47.0 Å². The van der Waals surface area contributed by atoms with Crippen LogP contribution in [0.5, 0.6) is 11.9 Å². The van der Waals surface area contributed by atoms with Gasteiger partial charge in [0.1, 0.15) is 23.4 Å². The third-order valence-corrected chi connectivity index (χ3v) is 10.3. The number of aliphatic carboxylic acids is 1. The van der Waals surface area contributed by atoms with Crippen LogP contribution in [0.1, 0.15) is 90.3 Å². The van der Waals surface area contributed by atoms with Crippen LogP contribution in [-0.4, -0.2) is 78.2 Å². The normalized spacial score (nSPS) is 21.3. The van der Waals surface area contributed by atoms with Crippen LogP contribution in [0, 0.1) is 5.82 Å². The predicted octanol–water partition coefficient (Wildman–Crippen LogP) is 7.68. The van der Waals surface area contributed by atoms with Crippen LogP contribution < -0.4 is 9.47 Å². The molecular formula is C37H44ClFN6O5. The van der Waals surface area contributed by atoms with Crippen LogP contribution in [0.2, 0.25) is 5.02 Å². The molecule has 3 aromatic heterocycles. The summed E-state index contributed by atoms with van der Waals surface area (Å²) >= 11 is 6.99. The molecule has 0 saturated carbocycles. The Balaban J connectivity index is 1.35. The molecule has 3 saturated heterocycles. The van der Waals surface area contributed by atoms with E-state index in [-0.39, 0.29) is 41.3 Å². The van der Waals surface area contributed by atoms with Crippen LogP contribution in [0.3, 0.4) is 0 Å². The summed E-state index contributed by atoms with van der Waals surface area (Å²) < 4.78 is 37.6. The molecule has 3 fully saturated rings. The first kappa shape index (κ1) is 34.6. The van der Waals surface area contributed by atoms with E-state index in [0.717, 1.165) is 51.6 Å². The Morgan fingerprint density at radius 3 is 2.80 bits per heavy atom. The molecule has 4 aromatic rings. The van der Waals surface area contributed by atoms with Crippen molar-refractivity contribution in [2.75, 3.05) is 26.3 Å². The lowest BCUT2D eigenvalue weighted by Gasteiger charge is -2.31. The highest BCUT2D eigenvalue weighted by molar-refractivity contribution is 6.33. The summed E-state index contributed by atoms with van der Waals surface area (Å²) in [5.41, 5.74) is 2.30.